The molecule has 2 aromatic heterocycles. The van der Waals surface area contributed by atoms with Crippen LogP contribution in [0.15, 0.2) is 77.7 Å². The first-order valence-corrected chi connectivity index (χ1v) is 23.8. The Morgan fingerprint density at radius 2 is 1.84 bits per heavy atom. The van der Waals surface area contributed by atoms with Crippen molar-refractivity contribution in [2.45, 2.75) is 82.8 Å². The second kappa shape index (κ2) is 19.3. The van der Waals surface area contributed by atoms with Gasteiger partial charge in [-0.3, -0.25) is 14.5 Å². The molecule has 58 heavy (non-hydrogen) atoms. The Hall–Kier alpha value is -4.11. The van der Waals surface area contributed by atoms with E-state index in [2.05, 4.69) is 94.6 Å². The van der Waals surface area contributed by atoms with Gasteiger partial charge in [0, 0.05) is 64.0 Å². The molecule has 2 aliphatic rings. The maximum absolute atomic E-state index is 12.9. The van der Waals surface area contributed by atoms with Crippen molar-refractivity contribution in [2.24, 2.45) is 5.92 Å². The Bertz CT molecular complexity index is 2010. The van der Waals surface area contributed by atoms with Gasteiger partial charge in [-0.25, -0.2) is 4.98 Å². The highest BCUT2D eigenvalue weighted by atomic mass is 28.4. The number of rotatable bonds is 17. The zero-order valence-electron chi connectivity index (χ0n) is 35.3. The molecule has 13 heteroatoms. The average Bonchev–Trinajstić information content (AvgIpc) is 3.21. The third-order valence-corrected chi connectivity index (χ3v) is 16.8. The number of nitrogens with zero attached hydrogens (tertiary/aromatic N) is 3. The van der Waals surface area contributed by atoms with Crippen LogP contribution in [0.1, 0.15) is 62.8 Å². The van der Waals surface area contributed by atoms with Gasteiger partial charge in [-0.2, -0.15) is 0 Å². The van der Waals surface area contributed by atoms with Crippen LogP contribution >= 0.6 is 0 Å². The SMILES string of the molecule is CNC(=O)C(CCNC[C@H](O[Si](C)(C)C(C)(C)C)c1ccc(O)c2[nH]c(=O)ccc12)COCCc1cccc(CN2CCC3(CC2)CN(c2ccccn2)CCO3)c1. The number of pyridine rings is 2. The molecule has 1 unspecified atom stereocenters. The largest absolute Gasteiger partial charge is 0.506 e. The Morgan fingerprint density at radius 3 is 2.59 bits per heavy atom. The molecule has 4 aromatic rings. The number of fused-ring (bicyclic) bond motifs is 1. The number of H-pyrrole nitrogens is 1. The van der Waals surface area contributed by atoms with Crippen LogP contribution in [-0.2, 0) is 31.7 Å². The predicted molar refractivity (Wildman–Crippen MR) is 233 cm³/mol. The van der Waals surface area contributed by atoms with Crippen molar-refractivity contribution in [3.63, 3.8) is 0 Å². The standard InChI is InChI=1S/C45H64N6O6Si/c1-44(2,3)58(5,6)57-39(36-13-15-38(52)42-37(36)14-16-41(53)49-42)29-47-22-17-35(43(54)46-4)31-55-26-18-33-10-9-11-34(28-33)30-50-23-19-45(20-24-50)32-51(25-27-56-45)40-12-7-8-21-48-40/h7-16,21,28,35,39,47,52H,17-20,22-27,29-32H2,1-6H3,(H,46,54)(H,49,53)/t35?,39-/m0/s1. The molecular weight excluding hydrogens is 749 g/mol. The molecule has 2 fully saturated rings. The maximum atomic E-state index is 12.9. The van der Waals surface area contributed by atoms with Crippen molar-refractivity contribution < 1.29 is 23.8 Å². The normalized spacial score (nSPS) is 17.4. The Morgan fingerprint density at radius 1 is 1.05 bits per heavy atom. The number of aromatic amines is 1. The van der Waals surface area contributed by atoms with Gasteiger partial charge < -0.3 is 39.5 Å². The Balaban J connectivity index is 0.975. The Labute approximate surface area is 344 Å². The first-order valence-electron chi connectivity index (χ1n) is 20.9. The van der Waals surface area contributed by atoms with E-state index in [9.17, 15) is 14.7 Å². The van der Waals surface area contributed by atoms with Crippen molar-refractivity contribution in [1.82, 2.24) is 25.5 Å². The highest BCUT2D eigenvalue weighted by Gasteiger charge is 2.41. The summed E-state index contributed by atoms with van der Waals surface area (Å²) in [5, 5.41) is 17.6. The Kier molecular flexibility index (Phi) is 14.5. The molecular formula is C45H64N6O6Si. The van der Waals surface area contributed by atoms with E-state index in [1.807, 2.05) is 24.4 Å². The highest BCUT2D eigenvalue weighted by molar-refractivity contribution is 6.74. The minimum absolute atomic E-state index is 0.0204. The third kappa shape index (κ3) is 11.1. The van der Waals surface area contributed by atoms with Gasteiger partial charge in [0.1, 0.15) is 11.6 Å². The smallest absolute Gasteiger partial charge is 0.248 e. The van der Waals surface area contributed by atoms with Crippen LogP contribution in [0.2, 0.25) is 18.1 Å². The molecule has 12 nitrogen and oxygen atoms in total. The van der Waals surface area contributed by atoms with Gasteiger partial charge >= 0.3 is 0 Å². The van der Waals surface area contributed by atoms with Crippen molar-refractivity contribution in [3.05, 3.63) is 100.0 Å². The quantitative estimate of drug-likeness (QED) is 0.0724. The van der Waals surface area contributed by atoms with Crippen LogP contribution in [0.3, 0.4) is 0 Å². The number of amides is 1. The first kappa shape index (κ1) is 43.5. The van der Waals surface area contributed by atoms with Crippen LogP contribution in [-0.4, -0.2) is 106 Å². The summed E-state index contributed by atoms with van der Waals surface area (Å²) in [4.78, 5) is 37.3. The van der Waals surface area contributed by atoms with Crippen LogP contribution in [0.25, 0.3) is 10.9 Å². The number of piperidine rings is 1. The lowest BCUT2D eigenvalue weighted by atomic mass is 9.89. The van der Waals surface area contributed by atoms with Crippen LogP contribution in [0.5, 0.6) is 5.75 Å². The van der Waals surface area contributed by atoms with E-state index in [0.717, 1.165) is 75.4 Å². The zero-order chi connectivity index (χ0) is 41.3. The number of likely N-dealkylation sites (tertiary alicyclic amines) is 1. The monoisotopic (exact) mass is 812 g/mol. The summed E-state index contributed by atoms with van der Waals surface area (Å²) in [5.41, 5.74) is 3.43. The maximum Gasteiger partial charge on any atom is 0.248 e. The van der Waals surface area contributed by atoms with Gasteiger partial charge in [-0.15, -0.1) is 0 Å². The number of hydrogen-bond donors (Lipinski definition) is 4. The fraction of sp³-hybridized carbons (Fsp3) is 0.533. The summed E-state index contributed by atoms with van der Waals surface area (Å²) < 4.78 is 19.5. The molecule has 2 aromatic carbocycles. The molecule has 6 rings (SSSR count). The van der Waals surface area contributed by atoms with E-state index >= 15 is 0 Å². The molecule has 2 aliphatic heterocycles. The number of carbonyl (C=O) groups excluding carboxylic acids is 1. The molecule has 1 spiro atoms. The van der Waals surface area contributed by atoms with E-state index in [-0.39, 0.29) is 39.9 Å². The number of phenols is 1. The fourth-order valence-electron chi connectivity index (χ4n) is 7.85. The van der Waals surface area contributed by atoms with Crippen molar-refractivity contribution >= 4 is 30.9 Å². The zero-order valence-corrected chi connectivity index (χ0v) is 36.3. The molecule has 1 amide bonds. The number of aromatic hydroxyl groups is 1. The first-order chi connectivity index (χ1) is 27.8. The van der Waals surface area contributed by atoms with Crippen molar-refractivity contribution in [2.75, 3.05) is 71.0 Å². The number of carbonyl (C=O) groups is 1. The van der Waals surface area contributed by atoms with E-state index < -0.39 is 8.32 Å². The second-order valence-electron chi connectivity index (χ2n) is 17.5. The third-order valence-electron chi connectivity index (χ3n) is 12.4. The number of anilines is 1. The molecule has 4 N–H and O–H groups in total. The fourth-order valence-corrected chi connectivity index (χ4v) is 9.13. The summed E-state index contributed by atoms with van der Waals surface area (Å²) in [6.45, 7) is 18.4. The molecule has 0 bridgehead atoms. The molecule has 0 radical (unpaired) electrons. The van der Waals surface area contributed by atoms with Gasteiger partial charge in [-0.1, -0.05) is 57.2 Å². The lowest BCUT2D eigenvalue weighted by Gasteiger charge is -2.47. The summed E-state index contributed by atoms with van der Waals surface area (Å²) in [6, 6.07) is 21.6. The number of morpholine rings is 1. The number of nitrogens with one attached hydrogen (secondary N) is 3. The average molecular weight is 813 g/mol. The van der Waals surface area contributed by atoms with Crippen LogP contribution in [0, 0.1) is 5.92 Å². The molecule has 2 saturated heterocycles. The minimum atomic E-state index is -2.22. The van der Waals surface area contributed by atoms with E-state index in [1.165, 1.54) is 17.2 Å². The molecule has 0 aliphatic carbocycles. The topological polar surface area (TPSA) is 141 Å². The lowest BCUT2D eigenvalue weighted by molar-refractivity contribution is -0.126. The van der Waals surface area contributed by atoms with Gasteiger partial charge in [0.25, 0.3) is 0 Å². The van der Waals surface area contributed by atoms with E-state index in [4.69, 9.17) is 13.9 Å². The van der Waals surface area contributed by atoms with Gasteiger partial charge in [0.15, 0.2) is 8.32 Å². The van der Waals surface area contributed by atoms with E-state index in [0.29, 0.717) is 38.2 Å². The van der Waals surface area contributed by atoms with Gasteiger partial charge in [-0.05, 0) is 91.3 Å². The predicted octanol–water partition coefficient (Wildman–Crippen LogP) is 6.16. The van der Waals surface area contributed by atoms with E-state index in [1.54, 1.807) is 19.2 Å². The number of hydrogen-bond acceptors (Lipinski definition) is 10. The summed E-state index contributed by atoms with van der Waals surface area (Å²) in [5.74, 6) is 0.698. The second-order valence-corrected chi connectivity index (χ2v) is 22.3. The number of aromatic nitrogens is 2. The van der Waals surface area contributed by atoms with Gasteiger partial charge in [0.2, 0.25) is 11.5 Å². The van der Waals surface area contributed by atoms with Crippen LogP contribution < -0.4 is 21.1 Å². The number of benzene rings is 2. The summed E-state index contributed by atoms with van der Waals surface area (Å²) in [7, 11) is -0.557. The molecule has 314 valence electrons. The molecule has 0 saturated carbocycles. The summed E-state index contributed by atoms with van der Waals surface area (Å²) in [6.07, 6.45) is 4.91. The lowest BCUT2D eigenvalue weighted by Crippen LogP contribution is -2.57. The van der Waals surface area contributed by atoms with Gasteiger partial charge in [0.05, 0.1) is 43.0 Å². The molecule has 2 atom stereocenters. The highest BCUT2D eigenvalue weighted by Crippen LogP contribution is 2.41. The van der Waals surface area contributed by atoms with Crippen molar-refractivity contribution in [1.29, 1.82) is 0 Å². The minimum Gasteiger partial charge on any atom is -0.506 e. The number of ether oxygens (including phenoxy) is 2. The molecule has 4 heterocycles. The van der Waals surface area contributed by atoms with Crippen LogP contribution in [0.4, 0.5) is 5.82 Å². The summed E-state index contributed by atoms with van der Waals surface area (Å²) >= 11 is 0. The number of phenolic OH excluding ortho intramolecular Hbond substituents is 1. The van der Waals surface area contributed by atoms with Crippen molar-refractivity contribution in [3.8, 4) is 5.75 Å².